The first-order chi connectivity index (χ1) is 11.7. The number of carbonyl (C=O) groups excluding carboxylic acids is 1. The predicted octanol–water partition coefficient (Wildman–Crippen LogP) is 3.75. The van der Waals surface area contributed by atoms with Crippen LogP contribution >= 0.6 is 11.3 Å². The number of nitrogens with zero attached hydrogens (tertiary/aromatic N) is 2. The molecule has 0 spiro atoms. The van der Waals surface area contributed by atoms with Gasteiger partial charge in [0.2, 0.25) is 0 Å². The average molecular weight is 337 g/mol. The number of carbonyl (C=O) groups is 1. The Hall–Kier alpha value is -2.91. The minimum absolute atomic E-state index is 0.172. The number of ether oxygens (including phenoxy) is 1. The van der Waals surface area contributed by atoms with Crippen molar-refractivity contribution in [3.63, 3.8) is 0 Å². The summed E-state index contributed by atoms with van der Waals surface area (Å²) in [6, 6.07) is 14.9. The molecule has 6 heteroatoms. The van der Waals surface area contributed by atoms with Crippen LogP contribution < -0.4 is 10.1 Å². The summed E-state index contributed by atoms with van der Waals surface area (Å²) in [6.07, 6.45) is 0.960. The first-order valence-electron chi connectivity index (χ1n) is 7.51. The fraction of sp³-hybridized carbons (Fsp3) is 0.167. The van der Waals surface area contributed by atoms with Crippen LogP contribution in [0.1, 0.15) is 18.1 Å². The van der Waals surface area contributed by atoms with Crippen molar-refractivity contribution < 1.29 is 9.53 Å². The number of amides is 1. The number of anilines is 1. The van der Waals surface area contributed by atoms with Crippen LogP contribution in [0.2, 0.25) is 0 Å². The van der Waals surface area contributed by atoms with Gasteiger partial charge in [-0.15, -0.1) is 0 Å². The second-order valence-corrected chi connectivity index (χ2v) is 6.15. The van der Waals surface area contributed by atoms with E-state index in [1.807, 2.05) is 18.2 Å². The molecule has 0 aliphatic carbocycles. The maximum absolute atomic E-state index is 12.0. The van der Waals surface area contributed by atoms with Gasteiger partial charge in [-0.25, -0.2) is 4.98 Å². The number of aryl methyl sites for hydroxylation is 1. The van der Waals surface area contributed by atoms with Crippen molar-refractivity contribution in [3.8, 4) is 11.8 Å². The second-order valence-electron chi connectivity index (χ2n) is 5.12. The number of nitriles is 1. The van der Waals surface area contributed by atoms with Gasteiger partial charge in [-0.2, -0.15) is 5.26 Å². The Bertz CT molecular complexity index is 927. The zero-order chi connectivity index (χ0) is 16.9. The lowest BCUT2D eigenvalue weighted by Crippen LogP contribution is -2.20. The molecule has 2 aromatic carbocycles. The Kier molecular flexibility index (Phi) is 4.73. The Morgan fingerprint density at radius 2 is 2.17 bits per heavy atom. The van der Waals surface area contributed by atoms with Gasteiger partial charge in [0.05, 0.1) is 15.8 Å². The van der Waals surface area contributed by atoms with Crippen molar-refractivity contribution in [1.82, 2.24) is 4.98 Å². The number of fused-ring (bicyclic) bond motifs is 1. The molecule has 3 aromatic rings. The quantitative estimate of drug-likeness (QED) is 0.769. The van der Waals surface area contributed by atoms with Gasteiger partial charge in [-0.1, -0.05) is 36.5 Å². The molecule has 0 aliphatic rings. The van der Waals surface area contributed by atoms with Crippen LogP contribution in [0, 0.1) is 11.3 Å². The van der Waals surface area contributed by atoms with Crippen LogP contribution in [-0.2, 0) is 11.2 Å². The molecule has 1 amide bonds. The van der Waals surface area contributed by atoms with Gasteiger partial charge in [-0.05, 0) is 36.2 Å². The van der Waals surface area contributed by atoms with Crippen LogP contribution in [0.3, 0.4) is 0 Å². The molecule has 0 saturated heterocycles. The van der Waals surface area contributed by atoms with E-state index < -0.39 is 0 Å². The zero-order valence-electron chi connectivity index (χ0n) is 13.1. The van der Waals surface area contributed by atoms with Crippen LogP contribution in [0.5, 0.6) is 5.75 Å². The number of rotatable bonds is 5. The van der Waals surface area contributed by atoms with Crippen LogP contribution in [0.15, 0.2) is 42.5 Å². The lowest BCUT2D eigenvalue weighted by Gasteiger charge is -2.06. The molecular formula is C18H15N3O2S. The van der Waals surface area contributed by atoms with E-state index in [1.54, 1.807) is 24.3 Å². The third-order valence-corrected chi connectivity index (χ3v) is 4.41. The van der Waals surface area contributed by atoms with E-state index in [0.29, 0.717) is 16.4 Å². The standard InChI is InChI=1S/C18H15N3O2S/c1-2-12-7-8-14-16(9-12)24-18(20-14)21-17(22)11-23-15-6-4-3-5-13(15)10-19/h3-9H,2,11H2,1H3,(H,20,21,22). The van der Waals surface area contributed by atoms with Crippen molar-refractivity contribution in [2.75, 3.05) is 11.9 Å². The van der Waals surface area contributed by atoms with Gasteiger partial charge in [0.15, 0.2) is 11.7 Å². The second kappa shape index (κ2) is 7.11. The van der Waals surface area contributed by atoms with Gasteiger partial charge in [0.25, 0.3) is 5.91 Å². The molecule has 0 aliphatic heterocycles. The van der Waals surface area contributed by atoms with E-state index >= 15 is 0 Å². The average Bonchev–Trinajstić information content (AvgIpc) is 3.01. The Balaban J connectivity index is 1.65. The van der Waals surface area contributed by atoms with Crippen molar-refractivity contribution in [3.05, 3.63) is 53.6 Å². The highest BCUT2D eigenvalue weighted by atomic mass is 32.1. The molecule has 5 nitrogen and oxygen atoms in total. The molecule has 1 N–H and O–H groups in total. The summed E-state index contributed by atoms with van der Waals surface area (Å²) >= 11 is 1.43. The van der Waals surface area contributed by atoms with E-state index in [0.717, 1.165) is 16.6 Å². The Morgan fingerprint density at radius 1 is 1.33 bits per heavy atom. The molecule has 0 saturated carbocycles. The highest BCUT2D eigenvalue weighted by molar-refractivity contribution is 7.22. The Labute approximate surface area is 143 Å². The summed E-state index contributed by atoms with van der Waals surface area (Å²) in [5.41, 5.74) is 2.50. The molecule has 0 unspecified atom stereocenters. The Morgan fingerprint density at radius 3 is 2.96 bits per heavy atom. The number of aromatic nitrogens is 1. The summed E-state index contributed by atoms with van der Waals surface area (Å²) in [4.78, 5) is 16.4. The monoisotopic (exact) mass is 337 g/mol. The minimum atomic E-state index is -0.308. The molecule has 120 valence electrons. The van der Waals surface area contributed by atoms with Crippen molar-refractivity contribution in [2.45, 2.75) is 13.3 Å². The molecule has 0 fully saturated rings. The SMILES string of the molecule is CCc1ccc2nc(NC(=O)COc3ccccc3C#N)sc2c1. The highest BCUT2D eigenvalue weighted by Crippen LogP contribution is 2.27. The highest BCUT2D eigenvalue weighted by Gasteiger charge is 2.10. The largest absolute Gasteiger partial charge is 0.482 e. The summed E-state index contributed by atoms with van der Waals surface area (Å²) < 4.78 is 6.46. The molecule has 1 heterocycles. The number of hydrogen-bond donors (Lipinski definition) is 1. The fourth-order valence-corrected chi connectivity index (χ4v) is 3.17. The van der Waals surface area contributed by atoms with Gasteiger partial charge in [-0.3, -0.25) is 10.1 Å². The minimum Gasteiger partial charge on any atom is -0.482 e. The number of nitrogens with one attached hydrogen (secondary N) is 1. The number of benzene rings is 2. The smallest absolute Gasteiger partial charge is 0.264 e. The van der Waals surface area contributed by atoms with E-state index in [2.05, 4.69) is 23.3 Å². The summed E-state index contributed by atoms with van der Waals surface area (Å²) in [7, 11) is 0. The van der Waals surface area contributed by atoms with Gasteiger partial charge >= 0.3 is 0 Å². The molecule has 0 radical (unpaired) electrons. The molecular weight excluding hydrogens is 322 g/mol. The molecule has 24 heavy (non-hydrogen) atoms. The van der Waals surface area contributed by atoms with Crippen molar-refractivity contribution >= 4 is 32.6 Å². The molecule has 3 rings (SSSR count). The van der Waals surface area contributed by atoms with Crippen molar-refractivity contribution in [2.24, 2.45) is 0 Å². The van der Waals surface area contributed by atoms with E-state index in [9.17, 15) is 4.79 Å². The van der Waals surface area contributed by atoms with E-state index in [1.165, 1.54) is 16.9 Å². The molecule has 0 atom stereocenters. The zero-order valence-corrected chi connectivity index (χ0v) is 13.9. The number of thiazole rings is 1. The number of para-hydroxylation sites is 1. The third kappa shape index (κ3) is 3.53. The maximum Gasteiger partial charge on any atom is 0.264 e. The van der Waals surface area contributed by atoms with Crippen LogP contribution in [0.4, 0.5) is 5.13 Å². The normalized spacial score (nSPS) is 10.3. The summed E-state index contributed by atoms with van der Waals surface area (Å²) in [5, 5.41) is 12.3. The summed E-state index contributed by atoms with van der Waals surface area (Å²) in [6.45, 7) is 1.93. The first-order valence-corrected chi connectivity index (χ1v) is 8.32. The van der Waals surface area contributed by atoms with Gasteiger partial charge in [0, 0.05) is 0 Å². The van der Waals surface area contributed by atoms with Crippen LogP contribution in [0.25, 0.3) is 10.2 Å². The molecule has 0 bridgehead atoms. The fourth-order valence-electron chi connectivity index (χ4n) is 2.23. The maximum atomic E-state index is 12.0. The first kappa shape index (κ1) is 16.0. The topological polar surface area (TPSA) is 75.0 Å². The van der Waals surface area contributed by atoms with Crippen LogP contribution in [-0.4, -0.2) is 17.5 Å². The van der Waals surface area contributed by atoms with Gasteiger partial charge in [0.1, 0.15) is 11.8 Å². The lowest BCUT2D eigenvalue weighted by atomic mass is 10.2. The summed E-state index contributed by atoms with van der Waals surface area (Å²) in [5.74, 6) is 0.0875. The molecule has 1 aromatic heterocycles. The number of hydrogen-bond acceptors (Lipinski definition) is 5. The van der Waals surface area contributed by atoms with Gasteiger partial charge < -0.3 is 4.74 Å². The van der Waals surface area contributed by atoms with E-state index in [4.69, 9.17) is 10.00 Å². The third-order valence-electron chi connectivity index (χ3n) is 3.47. The predicted molar refractivity (Wildman–Crippen MR) is 94.3 cm³/mol. The van der Waals surface area contributed by atoms with Crippen molar-refractivity contribution in [1.29, 1.82) is 5.26 Å². The lowest BCUT2D eigenvalue weighted by molar-refractivity contribution is -0.118. The van der Waals surface area contributed by atoms with E-state index in [-0.39, 0.29) is 12.5 Å².